The Morgan fingerprint density at radius 2 is 1.63 bits per heavy atom. The van der Waals surface area contributed by atoms with Crippen LogP contribution in [0.15, 0.2) is 82.6 Å². The number of aromatic nitrogens is 3. The van der Waals surface area contributed by atoms with Crippen molar-refractivity contribution in [1.29, 1.82) is 0 Å². The number of pyridine rings is 1. The third-order valence-electron chi connectivity index (χ3n) is 4.66. The lowest BCUT2D eigenvalue weighted by Gasteiger charge is -2.23. The summed E-state index contributed by atoms with van der Waals surface area (Å²) in [5, 5.41) is 5.96. The molecular weight excluding hydrogens is 402 g/mol. The minimum absolute atomic E-state index is 0.0125. The standard InChI is InChI=1S/C21H19N5O3S/c1-2-25-19(27)13-8-15-14-23-21(24-20(15)25)26(16-6-4-3-5-7-16)17-9-11-18(12-10-17)30(22,28)29/h3-14H,2H2,1H3,(H2,22,28,29). The first kappa shape index (κ1) is 19.7. The second-order valence-corrected chi connectivity index (χ2v) is 8.14. The summed E-state index contributed by atoms with van der Waals surface area (Å²) >= 11 is 0. The van der Waals surface area contributed by atoms with Gasteiger partial charge < -0.3 is 0 Å². The first-order valence-electron chi connectivity index (χ1n) is 9.23. The molecule has 2 heterocycles. The molecule has 4 aromatic rings. The number of primary sulfonamides is 1. The molecule has 4 rings (SSSR count). The predicted octanol–water partition coefficient (Wildman–Crippen LogP) is 2.93. The van der Waals surface area contributed by atoms with E-state index in [1.54, 1.807) is 33.9 Å². The Morgan fingerprint density at radius 3 is 2.27 bits per heavy atom. The van der Waals surface area contributed by atoms with Crippen molar-refractivity contribution in [3.8, 4) is 0 Å². The van der Waals surface area contributed by atoms with Gasteiger partial charge in [-0.1, -0.05) is 18.2 Å². The van der Waals surface area contributed by atoms with Crippen LogP contribution in [0.5, 0.6) is 0 Å². The summed E-state index contributed by atoms with van der Waals surface area (Å²) in [5.74, 6) is 0.352. The van der Waals surface area contributed by atoms with E-state index in [4.69, 9.17) is 5.14 Å². The van der Waals surface area contributed by atoms with E-state index in [2.05, 4.69) is 9.97 Å². The highest BCUT2D eigenvalue weighted by molar-refractivity contribution is 7.89. The number of aryl methyl sites for hydroxylation is 1. The summed E-state index contributed by atoms with van der Waals surface area (Å²) in [4.78, 5) is 23.2. The molecule has 0 aliphatic carbocycles. The van der Waals surface area contributed by atoms with Gasteiger partial charge in [-0.25, -0.2) is 18.5 Å². The van der Waals surface area contributed by atoms with Gasteiger partial charge in [0.2, 0.25) is 16.0 Å². The quantitative estimate of drug-likeness (QED) is 0.530. The molecular formula is C21H19N5O3S. The third-order valence-corrected chi connectivity index (χ3v) is 5.59. The van der Waals surface area contributed by atoms with Gasteiger partial charge in [0.15, 0.2) is 0 Å². The van der Waals surface area contributed by atoms with E-state index in [1.165, 1.54) is 18.2 Å². The Balaban J connectivity index is 1.92. The normalized spacial score (nSPS) is 11.5. The molecule has 152 valence electrons. The molecule has 0 amide bonds. The first-order chi connectivity index (χ1) is 14.4. The van der Waals surface area contributed by atoms with Crippen LogP contribution in [-0.2, 0) is 16.6 Å². The van der Waals surface area contributed by atoms with Crippen LogP contribution in [0.4, 0.5) is 17.3 Å². The molecule has 0 spiro atoms. The molecule has 0 fully saturated rings. The minimum Gasteiger partial charge on any atom is -0.293 e. The van der Waals surface area contributed by atoms with E-state index in [0.29, 0.717) is 23.8 Å². The fraction of sp³-hybridized carbons (Fsp3) is 0.0952. The zero-order valence-corrected chi connectivity index (χ0v) is 17.0. The Kier molecular flexibility index (Phi) is 5.06. The van der Waals surface area contributed by atoms with E-state index in [1.807, 2.05) is 37.3 Å². The van der Waals surface area contributed by atoms with Gasteiger partial charge in [-0.15, -0.1) is 0 Å². The number of para-hydroxylation sites is 1. The molecule has 2 aromatic carbocycles. The van der Waals surface area contributed by atoms with E-state index >= 15 is 0 Å². The molecule has 0 aliphatic rings. The van der Waals surface area contributed by atoms with Crippen molar-refractivity contribution < 1.29 is 8.42 Å². The fourth-order valence-corrected chi connectivity index (χ4v) is 3.73. The van der Waals surface area contributed by atoms with E-state index in [0.717, 1.165) is 11.1 Å². The molecule has 0 saturated carbocycles. The van der Waals surface area contributed by atoms with Crippen molar-refractivity contribution >= 4 is 38.4 Å². The zero-order chi connectivity index (χ0) is 21.3. The lowest BCUT2D eigenvalue weighted by Crippen LogP contribution is -2.20. The molecule has 9 heteroatoms. The largest absolute Gasteiger partial charge is 0.293 e. The summed E-state index contributed by atoms with van der Waals surface area (Å²) in [5.41, 5.74) is 1.81. The Morgan fingerprint density at radius 1 is 0.967 bits per heavy atom. The van der Waals surface area contributed by atoms with E-state index in [-0.39, 0.29) is 10.5 Å². The van der Waals surface area contributed by atoms with Gasteiger partial charge in [0.25, 0.3) is 5.56 Å². The SMILES string of the molecule is CCn1c(=O)ccc2cnc(N(c3ccccc3)c3ccc(S(N)(=O)=O)cc3)nc21. The lowest BCUT2D eigenvalue weighted by atomic mass is 10.2. The minimum atomic E-state index is -3.80. The van der Waals surface area contributed by atoms with Crippen molar-refractivity contribution in [1.82, 2.24) is 14.5 Å². The number of nitrogens with two attached hydrogens (primary N) is 1. The fourth-order valence-electron chi connectivity index (χ4n) is 3.22. The topological polar surface area (TPSA) is 111 Å². The van der Waals surface area contributed by atoms with Crippen molar-refractivity contribution in [2.75, 3.05) is 4.90 Å². The molecule has 30 heavy (non-hydrogen) atoms. The second-order valence-electron chi connectivity index (χ2n) is 6.57. The van der Waals surface area contributed by atoms with Crippen LogP contribution in [0.25, 0.3) is 11.0 Å². The maximum atomic E-state index is 12.2. The van der Waals surface area contributed by atoms with Crippen LogP contribution in [-0.4, -0.2) is 23.0 Å². The number of anilines is 3. The van der Waals surface area contributed by atoms with Gasteiger partial charge in [-0.3, -0.25) is 14.3 Å². The van der Waals surface area contributed by atoms with Crippen molar-refractivity contribution in [3.05, 3.63) is 83.3 Å². The van der Waals surface area contributed by atoms with Gasteiger partial charge >= 0.3 is 0 Å². The lowest BCUT2D eigenvalue weighted by molar-refractivity contribution is 0.598. The second kappa shape index (κ2) is 7.69. The highest BCUT2D eigenvalue weighted by atomic mass is 32.2. The third kappa shape index (κ3) is 3.68. The Bertz CT molecular complexity index is 1370. The number of sulfonamides is 1. The summed E-state index contributed by atoms with van der Waals surface area (Å²) < 4.78 is 24.8. The van der Waals surface area contributed by atoms with Crippen LogP contribution >= 0.6 is 0 Å². The molecule has 2 N–H and O–H groups in total. The smallest absolute Gasteiger partial charge is 0.252 e. The Labute approximate surface area is 173 Å². The summed E-state index contributed by atoms with van der Waals surface area (Å²) in [6.07, 6.45) is 1.66. The molecule has 0 aliphatic heterocycles. The molecule has 0 radical (unpaired) electrons. The van der Waals surface area contributed by atoms with Crippen LogP contribution < -0.4 is 15.6 Å². The van der Waals surface area contributed by atoms with Crippen molar-refractivity contribution in [3.63, 3.8) is 0 Å². The van der Waals surface area contributed by atoms with Crippen molar-refractivity contribution in [2.24, 2.45) is 5.14 Å². The maximum absolute atomic E-state index is 12.2. The zero-order valence-electron chi connectivity index (χ0n) is 16.1. The number of fused-ring (bicyclic) bond motifs is 1. The molecule has 0 unspecified atom stereocenters. The summed E-state index contributed by atoms with van der Waals surface area (Å²) in [7, 11) is -3.80. The number of rotatable bonds is 5. The van der Waals surface area contributed by atoms with Crippen LogP contribution in [0, 0.1) is 0 Å². The molecule has 2 aromatic heterocycles. The van der Waals surface area contributed by atoms with Crippen LogP contribution in [0.2, 0.25) is 0 Å². The molecule has 0 bridgehead atoms. The highest BCUT2D eigenvalue weighted by Gasteiger charge is 2.17. The first-order valence-corrected chi connectivity index (χ1v) is 10.8. The average Bonchev–Trinajstić information content (AvgIpc) is 2.74. The number of benzene rings is 2. The van der Waals surface area contributed by atoms with Gasteiger partial charge in [-0.2, -0.15) is 4.98 Å². The molecule has 0 saturated heterocycles. The van der Waals surface area contributed by atoms with Crippen molar-refractivity contribution in [2.45, 2.75) is 18.4 Å². The Hall–Kier alpha value is -3.56. The van der Waals surface area contributed by atoms with Gasteiger partial charge in [0.1, 0.15) is 5.65 Å². The van der Waals surface area contributed by atoms with E-state index < -0.39 is 10.0 Å². The molecule has 8 nitrogen and oxygen atoms in total. The molecule has 0 atom stereocenters. The van der Waals surface area contributed by atoms with E-state index in [9.17, 15) is 13.2 Å². The maximum Gasteiger partial charge on any atom is 0.252 e. The highest BCUT2D eigenvalue weighted by Crippen LogP contribution is 2.32. The predicted molar refractivity (Wildman–Crippen MR) is 116 cm³/mol. The number of hydrogen-bond donors (Lipinski definition) is 1. The van der Waals surface area contributed by atoms with Gasteiger partial charge in [-0.05, 0) is 49.4 Å². The number of nitrogens with zero attached hydrogens (tertiary/aromatic N) is 4. The average molecular weight is 421 g/mol. The van der Waals surface area contributed by atoms with Crippen LogP contribution in [0.1, 0.15) is 6.92 Å². The van der Waals surface area contributed by atoms with Crippen LogP contribution in [0.3, 0.4) is 0 Å². The summed E-state index contributed by atoms with van der Waals surface area (Å²) in [6, 6.07) is 18.8. The monoisotopic (exact) mass is 421 g/mol. The van der Waals surface area contributed by atoms with Gasteiger partial charge in [0.05, 0.1) is 4.90 Å². The number of hydrogen-bond acceptors (Lipinski definition) is 6. The van der Waals surface area contributed by atoms with Gasteiger partial charge in [0, 0.05) is 35.6 Å². The summed E-state index contributed by atoms with van der Waals surface area (Å²) in [6.45, 7) is 2.35.